The molecule has 0 amide bonds. The van der Waals surface area contributed by atoms with Crippen molar-refractivity contribution in [2.24, 2.45) is 5.92 Å². The summed E-state index contributed by atoms with van der Waals surface area (Å²) in [6.07, 6.45) is 0. The molecule has 0 aromatic heterocycles. The van der Waals surface area contributed by atoms with Crippen molar-refractivity contribution < 1.29 is 9.59 Å². The Morgan fingerprint density at radius 3 is 2.35 bits per heavy atom. The first-order valence-corrected chi connectivity index (χ1v) is 5.71. The normalized spacial score (nSPS) is 12.5. The van der Waals surface area contributed by atoms with Gasteiger partial charge in [0.15, 0.2) is 11.6 Å². The van der Waals surface area contributed by atoms with E-state index in [9.17, 15) is 9.59 Å². The van der Waals surface area contributed by atoms with Crippen LogP contribution in [0.4, 0.5) is 0 Å². The lowest BCUT2D eigenvalue weighted by Crippen LogP contribution is -2.25. The summed E-state index contributed by atoms with van der Waals surface area (Å²) in [5.74, 6) is 0.00826. The van der Waals surface area contributed by atoms with Gasteiger partial charge < -0.3 is 4.90 Å². The molecule has 1 unspecified atom stereocenters. The Morgan fingerprint density at radius 2 is 1.82 bits per heavy atom. The summed E-state index contributed by atoms with van der Waals surface area (Å²) in [6.45, 7) is 4.12. The van der Waals surface area contributed by atoms with Gasteiger partial charge in [0.2, 0.25) is 0 Å². The van der Waals surface area contributed by atoms with E-state index in [1.54, 1.807) is 24.3 Å². The van der Waals surface area contributed by atoms with E-state index in [-0.39, 0.29) is 17.5 Å². The van der Waals surface area contributed by atoms with Crippen molar-refractivity contribution in [3.63, 3.8) is 0 Å². The zero-order chi connectivity index (χ0) is 13.0. The first-order valence-electron chi connectivity index (χ1n) is 5.71. The van der Waals surface area contributed by atoms with E-state index < -0.39 is 0 Å². The third-order valence-electron chi connectivity index (χ3n) is 2.64. The molecule has 92 valence electrons. The first kappa shape index (κ1) is 13.6. The summed E-state index contributed by atoms with van der Waals surface area (Å²) in [4.78, 5) is 25.3. The monoisotopic (exact) mass is 233 g/mol. The fourth-order valence-corrected chi connectivity index (χ4v) is 1.81. The Kier molecular flexibility index (Phi) is 4.58. The number of ketones is 2. The van der Waals surface area contributed by atoms with E-state index in [1.807, 2.05) is 25.9 Å². The molecule has 1 aromatic carbocycles. The standard InChI is InChI=1S/C14H19NO2/c1-10(9-15(3)4)14(17)13-7-5-6-12(8-13)11(2)16/h5-8,10H,9H2,1-4H3. The van der Waals surface area contributed by atoms with Crippen LogP contribution in [0, 0.1) is 5.92 Å². The molecule has 1 aromatic rings. The molecule has 1 atom stereocenters. The zero-order valence-corrected chi connectivity index (χ0v) is 10.9. The molecule has 3 heteroatoms. The molecule has 0 N–H and O–H groups in total. The Bertz CT molecular complexity index is 424. The van der Waals surface area contributed by atoms with E-state index in [0.29, 0.717) is 17.7 Å². The summed E-state index contributed by atoms with van der Waals surface area (Å²) >= 11 is 0. The van der Waals surface area contributed by atoms with Gasteiger partial charge in [0.25, 0.3) is 0 Å². The van der Waals surface area contributed by atoms with Gasteiger partial charge in [0.05, 0.1) is 0 Å². The molecule has 0 radical (unpaired) electrons. The fourth-order valence-electron chi connectivity index (χ4n) is 1.81. The highest BCUT2D eigenvalue weighted by Crippen LogP contribution is 2.12. The molecule has 3 nitrogen and oxygen atoms in total. The van der Waals surface area contributed by atoms with E-state index in [2.05, 4.69) is 0 Å². The van der Waals surface area contributed by atoms with Gasteiger partial charge >= 0.3 is 0 Å². The Balaban J connectivity index is 2.89. The van der Waals surface area contributed by atoms with Crippen molar-refractivity contribution in [1.82, 2.24) is 4.90 Å². The highest BCUT2D eigenvalue weighted by molar-refractivity contribution is 6.01. The van der Waals surface area contributed by atoms with E-state index in [0.717, 1.165) is 0 Å². The van der Waals surface area contributed by atoms with Crippen molar-refractivity contribution >= 4 is 11.6 Å². The number of carbonyl (C=O) groups is 2. The van der Waals surface area contributed by atoms with Crippen molar-refractivity contribution in [2.45, 2.75) is 13.8 Å². The van der Waals surface area contributed by atoms with Crippen LogP contribution in [0.2, 0.25) is 0 Å². The summed E-state index contributed by atoms with van der Waals surface area (Å²) in [5, 5.41) is 0. The average molecular weight is 233 g/mol. The van der Waals surface area contributed by atoms with Crippen LogP contribution in [0.25, 0.3) is 0 Å². The third-order valence-corrected chi connectivity index (χ3v) is 2.64. The Morgan fingerprint density at radius 1 is 1.24 bits per heavy atom. The van der Waals surface area contributed by atoms with Gasteiger partial charge in [-0.25, -0.2) is 0 Å². The van der Waals surface area contributed by atoms with Crippen LogP contribution in [-0.4, -0.2) is 37.1 Å². The summed E-state index contributed by atoms with van der Waals surface area (Å²) in [6, 6.07) is 6.93. The minimum Gasteiger partial charge on any atom is -0.309 e. The van der Waals surface area contributed by atoms with Crippen LogP contribution in [0.5, 0.6) is 0 Å². The number of Topliss-reactive ketones (excluding diaryl/α,β-unsaturated/α-hetero) is 2. The second-order valence-electron chi connectivity index (χ2n) is 4.66. The molecule has 0 saturated carbocycles. The number of carbonyl (C=O) groups excluding carboxylic acids is 2. The van der Waals surface area contributed by atoms with Crippen molar-refractivity contribution in [3.8, 4) is 0 Å². The van der Waals surface area contributed by atoms with Gasteiger partial charge in [0, 0.05) is 23.6 Å². The van der Waals surface area contributed by atoms with Gasteiger partial charge in [0.1, 0.15) is 0 Å². The number of nitrogens with zero attached hydrogens (tertiary/aromatic N) is 1. The number of rotatable bonds is 5. The predicted molar refractivity (Wildman–Crippen MR) is 68.5 cm³/mol. The maximum absolute atomic E-state index is 12.1. The van der Waals surface area contributed by atoms with Crippen LogP contribution in [0.1, 0.15) is 34.6 Å². The summed E-state index contributed by atoms with van der Waals surface area (Å²) in [7, 11) is 3.88. The van der Waals surface area contributed by atoms with E-state index in [1.165, 1.54) is 6.92 Å². The van der Waals surface area contributed by atoms with Crippen LogP contribution in [0.3, 0.4) is 0 Å². The lowest BCUT2D eigenvalue weighted by atomic mass is 9.97. The van der Waals surface area contributed by atoms with E-state index >= 15 is 0 Å². The quantitative estimate of drug-likeness (QED) is 0.732. The van der Waals surface area contributed by atoms with Gasteiger partial charge in [-0.15, -0.1) is 0 Å². The molecular weight excluding hydrogens is 214 g/mol. The van der Waals surface area contributed by atoms with Crippen LogP contribution >= 0.6 is 0 Å². The number of hydrogen-bond donors (Lipinski definition) is 0. The number of hydrogen-bond acceptors (Lipinski definition) is 3. The molecule has 0 saturated heterocycles. The second kappa shape index (κ2) is 5.73. The molecule has 0 aliphatic rings. The maximum atomic E-state index is 12.1. The smallest absolute Gasteiger partial charge is 0.166 e. The van der Waals surface area contributed by atoms with Gasteiger partial charge in [-0.1, -0.05) is 25.1 Å². The molecular formula is C14H19NO2. The zero-order valence-electron chi connectivity index (χ0n) is 10.9. The average Bonchev–Trinajstić information content (AvgIpc) is 2.27. The van der Waals surface area contributed by atoms with Crippen molar-refractivity contribution in [3.05, 3.63) is 35.4 Å². The Labute approximate surface area is 102 Å². The minimum atomic E-state index is -0.0628. The van der Waals surface area contributed by atoms with Crippen LogP contribution in [0.15, 0.2) is 24.3 Å². The summed E-state index contributed by atoms with van der Waals surface area (Å²) in [5.41, 5.74) is 1.21. The number of benzene rings is 1. The molecule has 0 aliphatic heterocycles. The molecule has 0 aliphatic carbocycles. The fraction of sp³-hybridized carbons (Fsp3) is 0.429. The highest BCUT2D eigenvalue weighted by atomic mass is 16.1. The van der Waals surface area contributed by atoms with Crippen molar-refractivity contribution in [2.75, 3.05) is 20.6 Å². The van der Waals surface area contributed by atoms with E-state index in [4.69, 9.17) is 0 Å². The lowest BCUT2D eigenvalue weighted by Gasteiger charge is -2.16. The SMILES string of the molecule is CC(=O)c1cccc(C(=O)C(C)CN(C)C)c1. The van der Waals surface area contributed by atoms with Crippen LogP contribution in [-0.2, 0) is 0 Å². The molecule has 1 rings (SSSR count). The topological polar surface area (TPSA) is 37.4 Å². The summed E-state index contributed by atoms with van der Waals surface area (Å²) < 4.78 is 0. The van der Waals surface area contributed by atoms with Gasteiger partial charge in [-0.2, -0.15) is 0 Å². The van der Waals surface area contributed by atoms with Gasteiger partial charge in [-0.05, 0) is 27.1 Å². The molecule has 0 fully saturated rings. The lowest BCUT2D eigenvalue weighted by molar-refractivity contribution is 0.0910. The molecule has 0 heterocycles. The van der Waals surface area contributed by atoms with Crippen LogP contribution < -0.4 is 0 Å². The minimum absolute atomic E-state index is 0.0140. The molecule has 0 spiro atoms. The second-order valence-corrected chi connectivity index (χ2v) is 4.66. The third kappa shape index (κ3) is 3.79. The Hall–Kier alpha value is -1.48. The van der Waals surface area contributed by atoms with Gasteiger partial charge in [-0.3, -0.25) is 9.59 Å². The maximum Gasteiger partial charge on any atom is 0.166 e. The highest BCUT2D eigenvalue weighted by Gasteiger charge is 2.16. The molecule has 17 heavy (non-hydrogen) atoms. The molecule has 0 bridgehead atoms. The first-order chi connectivity index (χ1) is 7.91. The van der Waals surface area contributed by atoms with Crippen molar-refractivity contribution in [1.29, 1.82) is 0 Å². The predicted octanol–water partition coefficient (Wildman–Crippen LogP) is 2.27. The largest absolute Gasteiger partial charge is 0.309 e.